The predicted octanol–water partition coefficient (Wildman–Crippen LogP) is 1.80. The Morgan fingerprint density at radius 2 is 1.65 bits per heavy atom. The van der Waals surface area contributed by atoms with Gasteiger partial charge in [0.1, 0.15) is 0 Å². The molecule has 4 rings (SSSR count). The molecule has 0 aromatic rings. The number of carbonyl (C=O) groups is 2. The number of nitrogens with two attached hydrogens (primary N) is 1. The van der Waals surface area contributed by atoms with Gasteiger partial charge in [-0.3, -0.25) is 4.79 Å². The van der Waals surface area contributed by atoms with Crippen LogP contribution in [0.15, 0.2) is 0 Å². The maximum Gasteiger partial charge on any atom is 0.312 e. The Kier molecular flexibility index (Phi) is 3.61. The van der Waals surface area contributed by atoms with Gasteiger partial charge in [-0.15, -0.1) is 0 Å². The van der Waals surface area contributed by atoms with Crippen LogP contribution in [0.5, 0.6) is 0 Å². The van der Waals surface area contributed by atoms with E-state index < -0.39 is 6.03 Å². The predicted molar refractivity (Wildman–Crippen MR) is 73.8 cm³/mol. The smallest absolute Gasteiger partial charge is 0.312 e. The van der Waals surface area contributed by atoms with Gasteiger partial charge in [0.05, 0.1) is 12.0 Å². The van der Waals surface area contributed by atoms with Gasteiger partial charge in [-0.25, -0.2) is 4.79 Å². The highest BCUT2D eigenvalue weighted by Gasteiger charge is 2.55. The number of esters is 1. The second-order valence-electron chi connectivity index (χ2n) is 6.98. The fourth-order valence-corrected chi connectivity index (χ4v) is 4.96. The Morgan fingerprint density at radius 3 is 2.15 bits per heavy atom. The van der Waals surface area contributed by atoms with E-state index in [1.165, 1.54) is 19.3 Å². The van der Waals surface area contributed by atoms with Crippen LogP contribution >= 0.6 is 0 Å². The Labute approximate surface area is 119 Å². The van der Waals surface area contributed by atoms with Gasteiger partial charge in [0.25, 0.3) is 0 Å². The number of nitrogens with one attached hydrogen (secondary N) is 1. The van der Waals surface area contributed by atoms with Gasteiger partial charge in [-0.2, -0.15) is 0 Å². The highest BCUT2D eigenvalue weighted by Crippen LogP contribution is 2.60. The molecule has 0 radical (unpaired) electrons. The summed E-state index contributed by atoms with van der Waals surface area (Å²) in [7, 11) is 0. The van der Waals surface area contributed by atoms with Gasteiger partial charge in [0.2, 0.25) is 0 Å². The highest BCUT2D eigenvalue weighted by molar-refractivity contribution is 5.77. The molecule has 0 atom stereocenters. The Bertz CT molecular complexity index is 373. The molecule has 0 heterocycles. The van der Waals surface area contributed by atoms with Gasteiger partial charge >= 0.3 is 12.0 Å². The quantitative estimate of drug-likeness (QED) is 0.595. The zero-order valence-electron chi connectivity index (χ0n) is 11.9. The van der Waals surface area contributed by atoms with E-state index in [2.05, 4.69) is 5.32 Å². The van der Waals surface area contributed by atoms with E-state index >= 15 is 0 Å². The molecule has 4 saturated carbocycles. The molecule has 3 N–H and O–H groups in total. The normalized spacial score (nSPS) is 37.7. The van der Waals surface area contributed by atoms with Crippen molar-refractivity contribution >= 4 is 12.0 Å². The second kappa shape index (κ2) is 5.26. The van der Waals surface area contributed by atoms with Crippen molar-refractivity contribution in [2.75, 3.05) is 13.2 Å². The second-order valence-corrected chi connectivity index (χ2v) is 6.98. The lowest BCUT2D eigenvalue weighted by Gasteiger charge is -2.55. The number of hydrogen-bond acceptors (Lipinski definition) is 3. The Morgan fingerprint density at radius 1 is 1.10 bits per heavy atom. The summed E-state index contributed by atoms with van der Waals surface area (Å²) in [5.41, 5.74) is 4.80. The molecular formula is C15H24N2O3. The molecule has 2 amide bonds. The van der Waals surface area contributed by atoms with Crippen LogP contribution in [-0.2, 0) is 9.53 Å². The van der Waals surface area contributed by atoms with Crippen molar-refractivity contribution in [1.82, 2.24) is 5.32 Å². The van der Waals surface area contributed by atoms with Crippen molar-refractivity contribution in [1.29, 1.82) is 0 Å². The number of rotatable bonds is 5. The van der Waals surface area contributed by atoms with Crippen LogP contribution in [0.2, 0.25) is 0 Å². The summed E-state index contributed by atoms with van der Waals surface area (Å²) in [6.45, 7) is 0.838. The van der Waals surface area contributed by atoms with Crippen LogP contribution in [0.1, 0.15) is 44.9 Å². The monoisotopic (exact) mass is 280 g/mol. The molecule has 0 saturated heterocycles. The summed E-state index contributed by atoms with van der Waals surface area (Å²) in [6.07, 6.45) is 7.73. The topological polar surface area (TPSA) is 81.4 Å². The summed E-state index contributed by atoms with van der Waals surface area (Å²) in [6, 6.07) is -0.530. The van der Waals surface area contributed by atoms with E-state index in [0.29, 0.717) is 19.6 Å². The molecule has 20 heavy (non-hydrogen) atoms. The molecule has 0 aliphatic heterocycles. The van der Waals surface area contributed by atoms with Crippen LogP contribution in [0.3, 0.4) is 0 Å². The van der Waals surface area contributed by atoms with Crippen molar-refractivity contribution in [3.8, 4) is 0 Å². The minimum absolute atomic E-state index is 0.00988. The third kappa shape index (κ3) is 2.63. The van der Waals surface area contributed by atoms with E-state index in [-0.39, 0.29) is 11.4 Å². The third-order valence-electron chi connectivity index (χ3n) is 5.32. The first-order valence-corrected chi connectivity index (χ1v) is 7.78. The van der Waals surface area contributed by atoms with E-state index in [4.69, 9.17) is 10.5 Å². The van der Waals surface area contributed by atoms with Gasteiger partial charge < -0.3 is 15.8 Å². The number of urea groups is 1. The number of carbonyl (C=O) groups excluding carboxylic acids is 2. The number of primary amides is 1. The Hall–Kier alpha value is -1.26. The van der Waals surface area contributed by atoms with Crippen molar-refractivity contribution < 1.29 is 14.3 Å². The zero-order valence-corrected chi connectivity index (χ0v) is 11.9. The van der Waals surface area contributed by atoms with E-state index in [9.17, 15) is 9.59 Å². The van der Waals surface area contributed by atoms with Crippen molar-refractivity contribution in [3.63, 3.8) is 0 Å². The number of hydrogen-bond donors (Lipinski definition) is 2. The SMILES string of the molecule is NC(=O)NCCCOC(=O)C12CC3CC(CC(C3)C1)C2. The molecule has 0 aromatic carbocycles. The summed E-state index contributed by atoms with van der Waals surface area (Å²) < 4.78 is 5.48. The standard InChI is InChI=1S/C15H24N2O3/c16-14(19)17-2-1-3-20-13(18)15-7-10-4-11(8-15)6-12(5-10)9-15/h10-12H,1-9H2,(H3,16,17,19). The summed E-state index contributed by atoms with van der Waals surface area (Å²) in [4.78, 5) is 23.0. The largest absolute Gasteiger partial charge is 0.465 e. The molecule has 5 heteroatoms. The molecule has 4 aliphatic carbocycles. The van der Waals surface area contributed by atoms with Crippen LogP contribution in [-0.4, -0.2) is 25.2 Å². The van der Waals surface area contributed by atoms with Gasteiger partial charge in [-0.1, -0.05) is 0 Å². The van der Waals surface area contributed by atoms with Gasteiger partial charge in [0.15, 0.2) is 0 Å². The highest BCUT2D eigenvalue weighted by atomic mass is 16.5. The summed E-state index contributed by atoms with van der Waals surface area (Å²) >= 11 is 0. The Balaban J connectivity index is 1.48. The van der Waals surface area contributed by atoms with Crippen LogP contribution in [0, 0.1) is 23.2 Å². The maximum absolute atomic E-state index is 12.5. The van der Waals surface area contributed by atoms with Crippen molar-refractivity contribution in [2.24, 2.45) is 28.9 Å². The van der Waals surface area contributed by atoms with Gasteiger partial charge in [-0.05, 0) is 62.7 Å². The average Bonchev–Trinajstić information content (AvgIpc) is 2.36. The first kappa shape index (κ1) is 13.7. The molecule has 0 aromatic heterocycles. The first-order chi connectivity index (χ1) is 9.57. The minimum Gasteiger partial charge on any atom is -0.465 e. The van der Waals surface area contributed by atoms with Crippen LogP contribution in [0.4, 0.5) is 4.79 Å². The molecule has 0 unspecified atom stereocenters. The van der Waals surface area contributed by atoms with Crippen LogP contribution < -0.4 is 11.1 Å². The molecule has 4 aliphatic rings. The summed E-state index contributed by atoms with van der Waals surface area (Å²) in [5, 5.41) is 2.50. The molecule has 112 valence electrons. The van der Waals surface area contributed by atoms with E-state index in [1.807, 2.05) is 0 Å². The van der Waals surface area contributed by atoms with Crippen LogP contribution in [0.25, 0.3) is 0 Å². The number of amides is 2. The summed E-state index contributed by atoms with van der Waals surface area (Å²) in [5.74, 6) is 2.27. The number of ether oxygens (including phenoxy) is 1. The lowest BCUT2D eigenvalue weighted by Crippen LogP contribution is -2.50. The average molecular weight is 280 g/mol. The van der Waals surface area contributed by atoms with E-state index in [0.717, 1.165) is 37.0 Å². The molecular weight excluding hydrogens is 256 g/mol. The van der Waals surface area contributed by atoms with E-state index in [1.54, 1.807) is 0 Å². The molecule has 0 spiro atoms. The molecule has 4 fully saturated rings. The van der Waals surface area contributed by atoms with Crippen molar-refractivity contribution in [3.05, 3.63) is 0 Å². The lowest BCUT2D eigenvalue weighted by molar-refractivity contribution is -0.171. The zero-order chi connectivity index (χ0) is 14.2. The lowest BCUT2D eigenvalue weighted by atomic mass is 9.49. The molecule has 4 bridgehead atoms. The minimum atomic E-state index is -0.530. The maximum atomic E-state index is 12.5. The van der Waals surface area contributed by atoms with Crippen molar-refractivity contribution in [2.45, 2.75) is 44.9 Å². The fraction of sp³-hybridized carbons (Fsp3) is 0.867. The molecule has 5 nitrogen and oxygen atoms in total. The fourth-order valence-electron chi connectivity index (χ4n) is 4.96. The van der Waals surface area contributed by atoms with Gasteiger partial charge in [0, 0.05) is 6.54 Å². The first-order valence-electron chi connectivity index (χ1n) is 7.78. The third-order valence-corrected chi connectivity index (χ3v) is 5.32.